The summed E-state index contributed by atoms with van der Waals surface area (Å²) in [4.78, 5) is 10.2. The molecule has 0 aromatic heterocycles. The fourth-order valence-corrected chi connectivity index (χ4v) is 4.13. The lowest BCUT2D eigenvalue weighted by Gasteiger charge is -2.10. The van der Waals surface area contributed by atoms with Crippen LogP contribution in [0.15, 0.2) is 24.3 Å². The van der Waals surface area contributed by atoms with Crippen LogP contribution in [0.2, 0.25) is 0 Å². The Morgan fingerprint density at radius 3 is 1.86 bits per heavy atom. The van der Waals surface area contributed by atoms with Gasteiger partial charge in [0.05, 0.1) is 0 Å². The molecule has 2 N–H and O–H groups in total. The van der Waals surface area contributed by atoms with Crippen molar-refractivity contribution < 1.29 is 6.22 Å². The molecule has 3 heteroatoms. The number of nitrogens with two attached hydrogens (primary N) is 1. The zero-order valence-corrected chi connectivity index (χ0v) is 19.4. The lowest BCUT2D eigenvalue weighted by Crippen LogP contribution is -2.10. The van der Waals surface area contributed by atoms with E-state index in [2.05, 4.69) is 57.1 Å². The topological polar surface area (TPSA) is 46.3 Å². The van der Waals surface area contributed by atoms with Crippen LogP contribution in [-0.4, -0.2) is 25.8 Å². The number of carbonyl (C=O) groups excluding carboxylic acids is 1. The molecule has 0 heterocycles. The van der Waals surface area contributed by atoms with Crippen LogP contribution in [0.4, 0.5) is 5.69 Å². The molecule has 0 bridgehead atoms. The first-order valence-corrected chi connectivity index (χ1v) is 10.9. The molecule has 2 aliphatic carbocycles. The summed E-state index contributed by atoms with van der Waals surface area (Å²) in [5.74, 6) is 0. The summed E-state index contributed by atoms with van der Waals surface area (Å²) in [5.41, 5.74) is 17.5. The van der Waals surface area contributed by atoms with Gasteiger partial charge in [-0.3, -0.25) is 0 Å². The van der Waals surface area contributed by atoms with Crippen LogP contribution >= 0.6 is 0 Å². The third-order valence-corrected chi connectivity index (χ3v) is 5.59. The standard InChI is InChI=1S/C12H15N.C11H17N.C2H6.CH2O.H2/c13-12-10-5-1-3-8(10)7-9-4-2-6-11(9)12;1-9-5-6-11(7-10(9)2)8-12(3)4;2*1-2;/h7H,1-6,13H2;5-7H,8H2,1-4H3;1-2H3;1H2;1H. The van der Waals surface area contributed by atoms with Gasteiger partial charge in [0.25, 0.3) is 0 Å². The van der Waals surface area contributed by atoms with Gasteiger partial charge in [-0.05, 0) is 105 Å². The van der Waals surface area contributed by atoms with Gasteiger partial charge in [0.2, 0.25) is 0 Å². The van der Waals surface area contributed by atoms with Crippen LogP contribution in [0.1, 0.15) is 67.1 Å². The minimum atomic E-state index is 0. The van der Waals surface area contributed by atoms with Crippen LogP contribution in [0.3, 0.4) is 0 Å². The third-order valence-electron chi connectivity index (χ3n) is 5.59. The maximum absolute atomic E-state index is 8.00. The molecule has 0 radical (unpaired) electrons. The minimum absolute atomic E-state index is 0. The van der Waals surface area contributed by atoms with Gasteiger partial charge in [0.1, 0.15) is 6.79 Å². The first-order valence-electron chi connectivity index (χ1n) is 10.9. The average Bonchev–Trinajstić information content (AvgIpc) is 3.38. The molecule has 0 saturated carbocycles. The number of nitrogen functional groups attached to an aromatic ring is 1. The van der Waals surface area contributed by atoms with Gasteiger partial charge >= 0.3 is 0 Å². The second kappa shape index (κ2) is 12.4. The summed E-state index contributed by atoms with van der Waals surface area (Å²) in [6, 6.07) is 9.06. The van der Waals surface area contributed by atoms with Gasteiger partial charge in [0, 0.05) is 13.7 Å². The van der Waals surface area contributed by atoms with Crippen LogP contribution in [0, 0.1) is 13.8 Å². The number of carbonyl (C=O) groups is 1. The lowest BCUT2D eigenvalue weighted by atomic mass is 9.99. The Kier molecular flexibility index (Phi) is 10.7. The molecule has 0 aliphatic heterocycles. The zero-order valence-electron chi connectivity index (χ0n) is 19.4. The Morgan fingerprint density at radius 2 is 1.41 bits per heavy atom. The van der Waals surface area contributed by atoms with Gasteiger partial charge < -0.3 is 15.4 Å². The highest BCUT2D eigenvalue weighted by atomic mass is 16.1. The molecule has 2 aromatic rings. The minimum Gasteiger partial charge on any atom is -0.398 e. The van der Waals surface area contributed by atoms with E-state index >= 15 is 0 Å². The number of benzene rings is 2. The Morgan fingerprint density at radius 1 is 0.897 bits per heavy atom. The number of hydrogen-bond acceptors (Lipinski definition) is 3. The summed E-state index contributed by atoms with van der Waals surface area (Å²) in [6.07, 6.45) is 7.56. The number of nitrogens with zero attached hydrogens (tertiary/aromatic N) is 1. The SMILES string of the molecule is C=O.CC.Cc1ccc(CN(C)C)cc1C.Nc1c2c(cc3c1CCC3)CCC2.[HH]. The van der Waals surface area contributed by atoms with Crippen molar-refractivity contribution in [2.24, 2.45) is 0 Å². The highest BCUT2D eigenvalue weighted by Gasteiger charge is 2.21. The van der Waals surface area contributed by atoms with E-state index < -0.39 is 0 Å². The molecule has 162 valence electrons. The number of hydrogen-bond donors (Lipinski definition) is 1. The molecule has 0 amide bonds. The molecule has 0 saturated heterocycles. The lowest BCUT2D eigenvalue weighted by molar-refractivity contribution is -0.0979. The Hall–Kier alpha value is -2.13. The largest absolute Gasteiger partial charge is 0.398 e. The summed E-state index contributed by atoms with van der Waals surface area (Å²) in [7, 11) is 4.18. The van der Waals surface area contributed by atoms with Gasteiger partial charge in [-0.1, -0.05) is 38.1 Å². The molecule has 0 unspecified atom stereocenters. The van der Waals surface area contributed by atoms with Gasteiger partial charge in [0.15, 0.2) is 0 Å². The van der Waals surface area contributed by atoms with Crippen molar-refractivity contribution in [1.82, 2.24) is 4.90 Å². The van der Waals surface area contributed by atoms with Gasteiger partial charge in [-0.25, -0.2) is 0 Å². The summed E-state index contributed by atoms with van der Waals surface area (Å²) in [6.45, 7) is 11.3. The first kappa shape index (κ1) is 24.9. The molecular weight excluding hydrogens is 356 g/mol. The molecule has 0 fully saturated rings. The van der Waals surface area contributed by atoms with Crippen molar-refractivity contribution in [3.05, 3.63) is 63.2 Å². The Balaban J connectivity index is 0.000000470. The van der Waals surface area contributed by atoms with E-state index in [-0.39, 0.29) is 1.43 Å². The van der Waals surface area contributed by atoms with E-state index in [1.54, 1.807) is 0 Å². The number of rotatable bonds is 2. The maximum Gasteiger partial charge on any atom is 0.106 e. The average molecular weight is 399 g/mol. The fourth-order valence-electron chi connectivity index (χ4n) is 4.13. The molecule has 2 aliphatic rings. The van der Waals surface area contributed by atoms with E-state index in [1.165, 1.54) is 77.5 Å². The van der Waals surface area contributed by atoms with E-state index in [1.807, 2.05) is 20.6 Å². The normalized spacial score (nSPS) is 13.2. The number of anilines is 1. The molecule has 2 aromatic carbocycles. The second-order valence-electron chi connectivity index (χ2n) is 7.93. The molecule has 4 rings (SSSR count). The molecule has 29 heavy (non-hydrogen) atoms. The Bertz CT molecular complexity index is 755. The van der Waals surface area contributed by atoms with E-state index in [9.17, 15) is 0 Å². The van der Waals surface area contributed by atoms with Crippen LogP contribution in [0.25, 0.3) is 0 Å². The van der Waals surface area contributed by atoms with Crippen molar-refractivity contribution in [1.29, 1.82) is 0 Å². The fraction of sp³-hybridized carbons (Fsp3) is 0.500. The van der Waals surface area contributed by atoms with Crippen LogP contribution < -0.4 is 5.73 Å². The van der Waals surface area contributed by atoms with Crippen molar-refractivity contribution >= 4 is 12.5 Å². The van der Waals surface area contributed by atoms with E-state index in [0.29, 0.717) is 0 Å². The molecule has 3 nitrogen and oxygen atoms in total. The summed E-state index contributed by atoms with van der Waals surface area (Å²) >= 11 is 0. The number of fused-ring (bicyclic) bond motifs is 2. The third kappa shape index (κ3) is 6.71. The van der Waals surface area contributed by atoms with Crippen LogP contribution in [-0.2, 0) is 37.0 Å². The predicted octanol–water partition coefficient (Wildman–Crippen LogP) is 5.70. The van der Waals surface area contributed by atoms with Crippen molar-refractivity contribution in [3.8, 4) is 0 Å². The van der Waals surface area contributed by atoms with Crippen molar-refractivity contribution in [2.75, 3.05) is 19.8 Å². The Labute approximate surface area is 179 Å². The summed E-state index contributed by atoms with van der Waals surface area (Å²) < 4.78 is 0. The highest BCUT2D eigenvalue weighted by molar-refractivity contribution is 5.63. The first-order chi connectivity index (χ1) is 14.0. The second-order valence-corrected chi connectivity index (χ2v) is 7.93. The van der Waals surface area contributed by atoms with Crippen LogP contribution in [0.5, 0.6) is 0 Å². The maximum atomic E-state index is 8.00. The molecule has 0 spiro atoms. The van der Waals surface area contributed by atoms with Gasteiger partial charge in [-0.15, -0.1) is 0 Å². The van der Waals surface area contributed by atoms with Crippen molar-refractivity contribution in [2.45, 2.75) is 72.8 Å². The zero-order chi connectivity index (χ0) is 22.0. The molecular formula is C26H42N2O. The predicted molar refractivity (Wildman–Crippen MR) is 129 cm³/mol. The van der Waals surface area contributed by atoms with Crippen molar-refractivity contribution in [3.63, 3.8) is 0 Å². The molecule has 0 atom stereocenters. The van der Waals surface area contributed by atoms with E-state index in [0.717, 1.165) is 12.2 Å². The monoisotopic (exact) mass is 398 g/mol. The number of aryl methyl sites for hydroxylation is 4. The summed E-state index contributed by atoms with van der Waals surface area (Å²) in [5, 5.41) is 0. The highest BCUT2D eigenvalue weighted by Crippen LogP contribution is 2.36. The van der Waals surface area contributed by atoms with Gasteiger partial charge in [-0.2, -0.15) is 0 Å². The van der Waals surface area contributed by atoms with E-state index in [4.69, 9.17) is 10.5 Å². The smallest absolute Gasteiger partial charge is 0.106 e. The quantitative estimate of drug-likeness (QED) is 0.660.